The second kappa shape index (κ2) is 5.08. The molecule has 102 valence electrons. The normalized spacial score (nSPS) is 11.5. The molecule has 0 saturated heterocycles. The van der Waals surface area contributed by atoms with E-state index in [9.17, 15) is 4.79 Å². The van der Waals surface area contributed by atoms with Crippen LogP contribution in [0, 0.1) is 6.92 Å². The maximum atomic E-state index is 12.4. The van der Waals surface area contributed by atoms with Gasteiger partial charge in [0.1, 0.15) is 0 Å². The number of nitrogens with zero attached hydrogens (tertiary/aromatic N) is 1. The monoisotopic (exact) mass is 258 g/mol. The molecule has 2 rings (SSSR count). The molecule has 1 aromatic carbocycles. The molecule has 0 amide bonds. The fourth-order valence-electron chi connectivity index (χ4n) is 2.31. The lowest BCUT2D eigenvalue weighted by Gasteiger charge is -2.06. The van der Waals surface area contributed by atoms with Crippen LogP contribution in [0.1, 0.15) is 50.8 Å². The van der Waals surface area contributed by atoms with E-state index < -0.39 is 0 Å². The van der Waals surface area contributed by atoms with Crippen LogP contribution in [0.4, 0.5) is 0 Å². The zero-order valence-electron chi connectivity index (χ0n) is 12.3. The van der Waals surface area contributed by atoms with Gasteiger partial charge in [0.25, 0.3) is 5.56 Å². The Kier molecular flexibility index (Phi) is 3.65. The molecular formula is C16H22N2O. The second-order valence-electron chi connectivity index (χ2n) is 5.69. The van der Waals surface area contributed by atoms with Crippen LogP contribution < -0.4 is 5.56 Å². The number of hydrogen-bond donors (Lipinski definition) is 1. The van der Waals surface area contributed by atoms with Gasteiger partial charge < -0.3 is 0 Å². The van der Waals surface area contributed by atoms with Gasteiger partial charge in [0, 0.05) is 11.6 Å². The van der Waals surface area contributed by atoms with Gasteiger partial charge in [-0.15, -0.1) is 0 Å². The van der Waals surface area contributed by atoms with Gasteiger partial charge in [-0.25, -0.2) is 4.68 Å². The van der Waals surface area contributed by atoms with Crippen LogP contribution in [0.2, 0.25) is 0 Å². The Morgan fingerprint density at radius 3 is 2.11 bits per heavy atom. The molecule has 0 atom stereocenters. The second-order valence-corrected chi connectivity index (χ2v) is 5.69. The lowest BCUT2D eigenvalue weighted by molar-refractivity contribution is 0.516. The molecule has 3 heteroatoms. The van der Waals surface area contributed by atoms with Crippen LogP contribution in [-0.2, 0) is 0 Å². The first kappa shape index (κ1) is 13.7. The molecule has 0 bridgehead atoms. The third kappa shape index (κ3) is 2.50. The maximum absolute atomic E-state index is 12.4. The molecule has 0 aliphatic heterocycles. The molecule has 0 aliphatic rings. The molecule has 1 N–H and O–H groups in total. The van der Waals surface area contributed by atoms with E-state index in [1.165, 1.54) is 5.56 Å². The average molecular weight is 258 g/mol. The molecule has 0 aliphatic carbocycles. The standard InChI is InChI=1S/C16H22N2O/c1-10(2)14-15(13-8-6-12(5)7-9-13)17-18(11(3)4)16(14)19/h6-11,17H,1-5H3. The Morgan fingerprint density at radius 2 is 1.63 bits per heavy atom. The van der Waals surface area contributed by atoms with Crippen molar-refractivity contribution in [1.82, 2.24) is 9.78 Å². The molecule has 0 spiro atoms. The number of nitrogens with one attached hydrogen (secondary N) is 1. The first-order valence-corrected chi connectivity index (χ1v) is 6.83. The van der Waals surface area contributed by atoms with Gasteiger partial charge in [0.15, 0.2) is 0 Å². The molecule has 1 heterocycles. The minimum Gasteiger partial charge on any atom is -0.294 e. The first-order chi connectivity index (χ1) is 8.91. The van der Waals surface area contributed by atoms with Gasteiger partial charge in [-0.05, 0) is 32.3 Å². The van der Waals surface area contributed by atoms with E-state index in [0.717, 1.165) is 16.8 Å². The molecule has 19 heavy (non-hydrogen) atoms. The van der Waals surface area contributed by atoms with Gasteiger partial charge in [-0.1, -0.05) is 43.7 Å². The van der Waals surface area contributed by atoms with Gasteiger partial charge in [-0.2, -0.15) is 0 Å². The van der Waals surface area contributed by atoms with Gasteiger partial charge in [0.2, 0.25) is 0 Å². The molecule has 2 aromatic rings. The smallest absolute Gasteiger partial charge is 0.270 e. The van der Waals surface area contributed by atoms with E-state index in [2.05, 4.69) is 50.1 Å². The van der Waals surface area contributed by atoms with Crippen molar-refractivity contribution >= 4 is 0 Å². The van der Waals surface area contributed by atoms with Crippen molar-refractivity contribution in [3.8, 4) is 11.3 Å². The molecule has 0 unspecified atom stereocenters. The van der Waals surface area contributed by atoms with Crippen LogP contribution in [0.5, 0.6) is 0 Å². The van der Waals surface area contributed by atoms with E-state index >= 15 is 0 Å². The number of H-pyrrole nitrogens is 1. The zero-order chi connectivity index (χ0) is 14.2. The van der Waals surface area contributed by atoms with E-state index in [0.29, 0.717) is 0 Å². The topological polar surface area (TPSA) is 37.8 Å². The minimum atomic E-state index is 0.0978. The number of aryl methyl sites for hydroxylation is 1. The summed E-state index contributed by atoms with van der Waals surface area (Å²) in [4.78, 5) is 12.4. The Labute approximate surface area is 114 Å². The predicted octanol–water partition coefficient (Wildman–Crippen LogP) is 3.86. The van der Waals surface area contributed by atoms with Crippen molar-refractivity contribution in [1.29, 1.82) is 0 Å². The zero-order valence-corrected chi connectivity index (χ0v) is 12.3. The highest BCUT2D eigenvalue weighted by Crippen LogP contribution is 2.26. The number of rotatable bonds is 3. The van der Waals surface area contributed by atoms with Crippen molar-refractivity contribution in [2.75, 3.05) is 0 Å². The van der Waals surface area contributed by atoms with Crippen LogP contribution in [0.15, 0.2) is 29.1 Å². The van der Waals surface area contributed by atoms with E-state index in [1.807, 2.05) is 13.8 Å². The highest BCUT2D eigenvalue weighted by Gasteiger charge is 2.19. The third-order valence-corrected chi connectivity index (χ3v) is 3.38. The van der Waals surface area contributed by atoms with Crippen LogP contribution in [0.25, 0.3) is 11.3 Å². The Bertz CT molecular complexity index is 615. The first-order valence-electron chi connectivity index (χ1n) is 6.83. The lowest BCUT2D eigenvalue weighted by atomic mass is 9.99. The van der Waals surface area contributed by atoms with Crippen LogP contribution in [0.3, 0.4) is 0 Å². The maximum Gasteiger partial charge on any atom is 0.270 e. The SMILES string of the molecule is Cc1ccc(-c2[nH]n(C(C)C)c(=O)c2C(C)C)cc1. The summed E-state index contributed by atoms with van der Waals surface area (Å²) in [7, 11) is 0. The van der Waals surface area contributed by atoms with Crippen molar-refractivity contribution in [3.63, 3.8) is 0 Å². The quantitative estimate of drug-likeness (QED) is 0.892. The summed E-state index contributed by atoms with van der Waals surface area (Å²) in [6.07, 6.45) is 0. The summed E-state index contributed by atoms with van der Waals surface area (Å²) in [5, 5.41) is 3.27. The van der Waals surface area contributed by atoms with Crippen molar-refractivity contribution < 1.29 is 0 Å². The van der Waals surface area contributed by atoms with E-state index in [1.54, 1.807) is 4.68 Å². The lowest BCUT2D eigenvalue weighted by Crippen LogP contribution is -2.21. The molecule has 0 saturated carbocycles. The highest BCUT2D eigenvalue weighted by atomic mass is 16.1. The number of aromatic nitrogens is 2. The van der Waals surface area contributed by atoms with Gasteiger partial charge >= 0.3 is 0 Å². The van der Waals surface area contributed by atoms with E-state index in [4.69, 9.17) is 0 Å². The summed E-state index contributed by atoms with van der Waals surface area (Å²) in [6, 6.07) is 8.42. The highest BCUT2D eigenvalue weighted by molar-refractivity contribution is 5.63. The number of hydrogen-bond acceptors (Lipinski definition) is 1. The minimum absolute atomic E-state index is 0.0978. The molecular weight excluding hydrogens is 236 g/mol. The van der Waals surface area contributed by atoms with Gasteiger partial charge in [0.05, 0.1) is 5.69 Å². The molecule has 1 aromatic heterocycles. The third-order valence-electron chi connectivity index (χ3n) is 3.38. The van der Waals surface area contributed by atoms with Crippen molar-refractivity contribution in [2.24, 2.45) is 0 Å². The fraction of sp³-hybridized carbons (Fsp3) is 0.438. The number of benzene rings is 1. The van der Waals surface area contributed by atoms with Crippen molar-refractivity contribution in [2.45, 2.75) is 46.6 Å². The molecule has 3 nitrogen and oxygen atoms in total. The Balaban J connectivity index is 2.65. The van der Waals surface area contributed by atoms with Gasteiger partial charge in [-0.3, -0.25) is 9.89 Å². The average Bonchev–Trinajstić information content (AvgIpc) is 2.68. The summed E-state index contributed by atoms with van der Waals surface area (Å²) >= 11 is 0. The van der Waals surface area contributed by atoms with E-state index in [-0.39, 0.29) is 17.5 Å². The molecule has 0 fully saturated rings. The fourth-order valence-corrected chi connectivity index (χ4v) is 2.31. The summed E-state index contributed by atoms with van der Waals surface area (Å²) in [6.45, 7) is 10.2. The Morgan fingerprint density at radius 1 is 1.05 bits per heavy atom. The van der Waals surface area contributed by atoms with Crippen LogP contribution in [-0.4, -0.2) is 9.78 Å². The summed E-state index contributed by atoms with van der Waals surface area (Å²) < 4.78 is 1.71. The largest absolute Gasteiger partial charge is 0.294 e. The van der Waals surface area contributed by atoms with Crippen LogP contribution >= 0.6 is 0 Å². The summed E-state index contributed by atoms with van der Waals surface area (Å²) in [5.74, 6) is 0.208. The Hall–Kier alpha value is -1.77. The van der Waals surface area contributed by atoms with Crippen molar-refractivity contribution in [3.05, 3.63) is 45.7 Å². The number of aromatic amines is 1. The molecule has 0 radical (unpaired) electrons. The summed E-state index contributed by atoms with van der Waals surface area (Å²) in [5.41, 5.74) is 4.22. The predicted molar refractivity (Wildman–Crippen MR) is 79.7 cm³/mol.